The Hall–Kier alpha value is -2.14. The van der Waals surface area contributed by atoms with E-state index in [-0.39, 0.29) is 17.4 Å². The predicted octanol–water partition coefficient (Wildman–Crippen LogP) is 1.37. The number of H-pyrrole nitrogens is 1. The molecule has 0 saturated carbocycles. The average molecular weight is 286 g/mol. The first-order chi connectivity index (χ1) is 10.1. The number of benzene rings is 1. The Balaban J connectivity index is 2.00. The van der Waals surface area contributed by atoms with Crippen molar-refractivity contribution in [1.29, 1.82) is 0 Å². The number of aromatic nitrogens is 1. The van der Waals surface area contributed by atoms with Crippen molar-refractivity contribution in [3.05, 3.63) is 46.2 Å². The smallest absolute Gasteiger partial charge is 0.254 e. The molecule has 1 aromatic carbocycles. The lowest BCUT2D eigenvalue weighted by molar-refractivity contribution is 0.0250. The summed E-state index contributed by atoms with van der Waals surface area (Å²) in [5, 5.41) is 10.7. The summed E-state index contributed by atoms with van der Waals surface area (Å²) in [6.45, 7) is 2.91. The summed E-state index contributed by atoms with van der Waals surface area (Å²) >= 11 is 0. The molecular formula is C16H18N2O3. The standard InChI is InChI=1S/C16H18N2O3/c1-10-6-7-18(9-14(10)19)16(21)12-8-15(20)17-13-5-3-2-4-11(12)13/h2-5,8,10,14,19H,6-7,9H2,1H3,(H,17,20). The number of aliphatic hydroxyl groups is 1. The van der Waals surface area contributed by atoms with Gasteiger partial charge in [-0.15, -0.1) is 0 Å². The average Bonchev–Trinajstić information content (AvgIpc) is 2.48. The number of aliphatic hydroxyl groups excluding tert-OH is 1. The lowest BCUT2D eigenvalue weighted by Crippen LogP contribution is -2.46. The Morgan fingerprint density at radius 1 is 1.38 bits per heavy atom. The van der Waals surface area contributed by atoms with E-state index >= 15 is 0 Å². The molecule has 0 aliphatic carbocycles. The Kier molecular flexibility index (Phi) is 3.51. The van der Waals surface area contributed by atoms with E-state index in [1.54, 1.807) is 11.0 Å². The Bertz CT molecular complexity index is 738. The molecule has 1 aliphatic heterocycles. The third-order valence-electron chi connectivity index (χ3n) is 4.19. The summed E-state index contributed by atoms with van der Waals surface area (Å²) in [6, 6.07) is 8.60. The van der Waals surface area contributed by atoms with Gasteiger partial charge in [0.05, 0.1) is 11.7 Å². The maximum atomic E-state index is 12.7. The molecule has 110 valence electrons. The van der Waals surface area contributed by atoms with Gasteiger partial charge in [-0.3, -0.25) is 9.59 Å². The summed E-state index contributed by atoms with van der Waals surface area (Å²) in [6.07, 6.45) is 0.268. The van der Waals surface area contributed by atoms with Gasteiger partial charge in [-0.2, -0.15) is 0 Å². The highest BCUT2D eigenvalue weighted by atomic mass is 16.3. The minimum absolute atomic E-state index is 0.191. The highest BCUT2D eigenvalue weighted by Gasteiger charge is 2.28. The molecule has 0 spiro atoms. The van der Waals surface area contributed by atoms with Gasteiger partial charge in [0, 0.05) is 30.1 Å². The molecule has 0 radical (unpaired) electrons. The number of nitrogens with zero attached hydrogens (tertiary/aromatic N) is 1. The number of β-amino-alcohol motifs (C(OH)–C–C–N with tert-alkyl or cyclic N) is 1. The summed E-state index contributed by atoms with van der Waals surface area (Å²) in [4.78, 5) is 28.8. The van der Waals surface area contributed by atoms with E-state index in [2.05, 4.69) is 4.98 Å². The van der Waals surface area contributed by atoms with Crippen LogP contribution in [0.25, 0.3) is 10.9 Å². The second-order valence-electron chi connectivity index (χ2n) is 5.68. The predicted molar refractivity (Wildman–Crippen MR) is 80.3 cm³/mol. The third-order valence-corrected chi connectivity index (χ3v) is 4.19. The zero-order chi connectivity index (χ0) is 15.0. The number of para-hydroxylation sites is 1. The van der Waals surface area contributed by atoms with Gasteiger partial charge < -0.3 is 15.0 Å². The van der Waals surface area contributed by atoms with Crippen molar-refractivity contribution in [2.75, 3.05) is 13.1 Å². The molecular weight excluding hydrogens is 268 g/mol. The van der Waals surface area contributed by atoms with E-state index in [4.69, 9.17) is 0 Å². The number of aromatic amines is 1. The first-order valence-corrected chi connectivity index (χ1v) is 7.15. The van der Waals surface area contributed by atoms with E-state index in [9.17, 15) is 14.7 Å². The highest BCUT2D eigenvalue weighted by Crippen LogP contribution is 2.21. The number of likely N-dealkylation sites (tertiary alicyclic amines) is 1. The molecule has 5 nitrogen and oxygen atoms in total. The van der Waals surface area contributed by atoms with Crippen LogP contribution in [-0.4, -0.2) is 40.1 Å². The summed E-state index contributed by atoms with van der Waals surface area (Å²) in [7, 11) is 0. The molecule has 2 unspecified atom stereocenters. The molecule has 2 aromatic rings. The molecule has 1 aromatic heterocycles. The summed E-state index contributed by atoms with van der Waals surface area (Å²) in [5.41, 5.74) is 0.762. The fraction of sp³-hybridized carbons (Fsp3) is 0.375. The molecule has 5 heteroatoms. The van der Waals surface area contributed by atoms with Crippen LogP contribution in [0.15, 0.2) is 35.1 Å². The quantitative estimate of drug-likeness (QED) is 0.831. The Labute approximate surface area is 122 Å². The zero-order valence-corrected chi connectivity index (χ0v) is 11.9. The van der Waals surface area contributed by atoms with Crippen molar-refractivity contribution >= 4 is 16.8 Å². The maximum absolute atomic E-state index is 12.7. The van der Waals surface area contributed by atoms with Gasteiger partial charge in [0.1, 0.15) is 0 Å². The Morgan fingerprint density at radius 2 is 2.14 bits per heavy atom. The first-order valence-electron chi connectivity index (χ1n) is 7.15. The molecule has 2 heterocycles. The van der Waals surface area contributed by atoms with Crippen molar-refractivity contribution in [3.8, 4) is 0 Å². The van der Waals surface area contributed by atoms with E-state index < -0.39 is 6.10 Å². The van der Waals surface area contributed by atoms with Crippen LogP contribution < -0.4 is 5.56 Å². The molecule has 1 aliphatic rings. The lowest BCUT2D eigenvalue weighted by Gasteiger charge is -2.34. The summed E-state index contributed by atoms with van der Waals surface area (Å²) < 4.78 is 0. The van der Waals surface area contributed by atoms with E-state index in [0.717, 1.165) is 11.8 Å². The number of rotatable bonds is 1. The van der Waals surface area contributed by atoms with Gasteiger partial charge in [0.2, 0.25) is 5.56 Å². The third kappa shape index (κ3) is 2.56. The van der Waals surface area contributed by atoms with E-state index in [1.807, 2.05) is 25.1 Å². The topological polar surface area (TPSA) is 73.4 Å². The molecule has 2 N–H and O–H groups in total. The van der Waals surface area contributed by atoms with Crippen molar-refractivity contribution in [3.63, 3.8) is 0 Å². The SMILES string of the molecule is CC1CCN(C(=O)c2cc(=O)[nH]c3ccccc23)CC1O. The van der Waals surface area contributed by atoms with E-state index in [0.29, 0.717) is 24.2 Å². The molecule has 0 bridgehead atoms. The number of nitrogens with one attached hydrogen (secondary N) is 1. The largest absolute Gasteiger partial charge is 0.391 e. The maximum Gasteiger partial charge on any atom is 0.254 e. The van der Waals surface area contributed by atoms with Gasteiger partial charge in [0.15, 0.2) is 0 Å². The molecule has 3 rings (SSSR count). The number of fused-ring (bicyclic) bond motifs is 1. The zero-order valence-electron chi connectivity index (χ0n) is 11.9. The second kappa shape index (κ2) is 5.33. The van der Waals surface area contributed by atoms with Gasteiger partial charge in [-0.05, 0) is 18.4 Å². The number of carbonyl (C=O) groups excluding carboxylic acids is 1. The lowest BCUT2D eigenvalue weighted by atomic mass is 9.95. The Morgan fingerprint density at radius 3 is 2.90 bits per heavy atom. The van der Waals surface area contributed by atoms with Crippen molar-refractivity contribution in [1.82, 2.24) is 9.88 Å². The fourth-order valence-electron chi connectivity index (χ4n) is 2.79. The molecule has 1 fully saturated rings. The van der Waals surface area contributed by atoms with Gasteiger partial charge in [-0.1, -0.05) is 25.1 Å². The molecule has 1 saturated heterocycles. The number of pyridine rings is 1. The molecule has 2 atom stereocenters. The van der Waals surface area contributed by atoms with Gasteiger partial charge >= 0.3 is 0 Å². The van der Waals surface area contributed by atoms with Crippen molar-refractivity contribution < 1.29 is 9.90 Å². The van der Waals surface area contributed by atoms with E-state index in [1.165, 1.54) is 6.07 Å². The normalized spacial score (nSPS) is 22.5. The van der Waals surface area contributed by atoms with Gasteiger partial charge in [-0.25, -0.2) is 0 Å². The van der Waals surface area contributed by atoms with Crippen LogP contribution in [0.4, 0.5) is 0 Å². The monoisotopic (exact) mass is 286 g/mol. The highest BCUT2D eigenvalue weighted by molar-refractivity contribution is 6.05. The van der Waals surface area contributed by atoms with Crippen LogP contribution in [-0.2, 0) is 0 Å². The second-order valence-corrected chi connectivity index (χ2v) is 5.68. The van der Waals surface area contributed by atoms with Crippen LogP contribution >= 0.6 is 0 Å². The number of hydrogen-bond acceptors (Lipinski definition) is 3. The fourth-order valence-corrected chi connectivity index (χ4v) is 2.79. The van der Waals surface area contributed by atoms with Crippen molar-refractivity contribution in [2.24, 2.45) is 5.92 Å². The van der Waals surface area contributed by atoms with Crippen LogP contribution in [0.2, 0.25) is 0 Å². The van der Waals surface area contributed by atoms with Gasteiger partial charge in [0.25, 0.3) is 5.91 Å². The summed E-state index contributed by atoms with van der Waals surface area (Å²) in [5.74, 6) is 0.00761. The molecule has 21 heavy (non-hydrogen) atoms. The van der Waals surface area contributed by atoms with Crippen LogP contribution in [0.5, 0.6) is 0 Å². The van der Waals surface area contributed by atoms with Crippen LogP contribution in [0.1, 0.15) is 23.7 Å². The molecule has 1 amide bonds. The van der Waals surface area contributed by atoms with Crippen molar-refractivity contribution in [2.45, 2.75) is 19.4 Å². The minimum atomic E-state index is -0.504. The van der Waals surface area contributed by atoms with Crippen LogP contribution in [0.3, 0.4) is 0 Å². The number of piperidine rings is 1. The number of carbonyl (C=O) groups is 1. The van der Waals surface area contributed by atoms with Crippen LogP contribution in [0, 0.1) is 5.92 Å². The number of amides is 1. The minimum Gasteiger partial charge on any atom is -0.391 e. The first kappa shape index (κ1) is 13.8. The number of hydrogen-bond donors (Lipinski definition) is 2.